The van der Waals surface area contributed by atoms with Gasteiger partial charge in [-0.1, -0.05) is 0 Å². The molecule has 0 spiro atoms. The van der Waals surface area contributed by atoms with Gasteiger partial charge < -0.3 is 6.15 Å². The van der Waals surface area contributed by atoms with Crippen molar-refractivity contribution in [2.45, 2.75) is 0 Å². The van der Waals surface area contributed by atoms with E-state index in [4.69, 9.17) is 12.3 Å². The summed E-state index contributed by atoms with van der Waals surface area (Å²) in [6, 6.07) is 0. The monoisotopic (exact) mass is 204 g/mol. The van der Waals surface area contributed by atoms with Crippen LogP contribution in [0, 0.1) is 0 Å². The molecule has 6 heavy (non-hydrogen) atoms. The average Bonchev–Trinajstić information content (AvgIpc) is 0.811. The van der Waals surface area contributed by atoms with Gasteiger partial charge in [0, 0.05) is 0 Å². The molecule has 0 atom stereocenters. The first-order valence-electron chi connectivity index (χ1n) is 0.548. The van der Waals surface area contributed by atoms with Crippen molar-refractivity contribution in [3.05, 3.63) is 0 Å². The van der Waals surface area contributed by atoms with Gasteiger partial charge in [0.1, 0.15) is 0 Å². The van der Waals surface area contributed by atoms with Crippen molar-refractivity contribution in [3.63, 3.8) is 0 Å². The number of hydrogen-bond acceptors (Lipinski definition) is 3. The molecule has 0 heterocycles. The van der Waals surface area contributed by atoms with E-state index in [-0.39, 0.29) is 23.2 Å². The van der Waals surface area contributed by atoms with Gasteiger partial charge in [-0.2, -0.15) is 0 Å². The van der Waals surface area contributed by atoms with Crippen LogP contribution < -0.4 is 18.4 Å². The molecule has 0 unspecified atom stereocenters. The van der Waals surface area contributed by atoms with Crippen LogP contribution in [0.15, 0.2) is 0 Å². The zero-order valence-corrected chi connectivity index (χ0v) is 5.79. The molecule has 0 aliphatic heterocycles. The van der Waals surface area contributed by atoms with Gasteiger partial charge in [0.05, 0.1) is 0 Å². The Bertz CT molecular complexity index is 15.5. The second kappa shape index (κ2) is 9.32. The molecule has 6 heteroatoms. The fraction of sp³-hybridized carbons (Fsp3) is 0. The second-order valence-electron chi connectivity index (χ2n) is 0.224. The number of quaternary nitrogens is 1. The van der Waals surface area contributed by atoms with Crippen LogP contribution in [0.5, 0.6) is 0 Å². The summed E-state index contributed by atoms with van der Waals surface area (Å²) in [6.45, 7) is 0. The molecule has 0 amide bonds. The summed E-state index contributed by atoms with van der Waals surface area (Å²) in [4.78, 5) is 0. The summed E-state index contributed by atoms with van der Waals surface area (Å²) in [5, 5.41) is 0. The van der Waals surface area contributed by atoms with Crippen molar-refractivity contribution < 1.29 is 29.4 Å². The van der Waals surface area contributed by atoms with Crippen molar-refractivity contribution in [1.29, 1.82) is 0 Å². The van der Waals surface area contributed by atoms with Gasteiger partial charge in [0.25, 0.3) is 0 Å². The quantitative estimate of drug-likeness (QED) is 0.413. The van der Waals surface area contributed by atoms with E-state index >= 15 is 0 Å². The Labute approximate surface area is 51.6 Å². The summed E-state index contributed by atoms with van der Waals surface area (Å²) in [5.41, 5.74) is 0. The van der Waals surface area contributed by atoms with Crippen LogP contribution in [0.25, 0.3) is 0 Å². The van der Waals surface area contributed by atoms with E-state index in [1.54, 1.807) is 0 Å². The van der Waals surface area contributed by atoms with Crippen molar-refractivity contribution in [2.24, 2.45) is 0 Å². The van der Waals surface area contributed by atoms with E-state index < -0.39 is 15.7 Å². The van der Waals surface area contributed by atoms with Crippen LogP contribution in [0.1, 0.15) is 0 Å². The first kappa shape index (κ1) is 15.8. The first-order chi connectivity index (χ1) is 1.73. The fourth-order valence-corrected chi connectivity index (χ4v) is 0. The summed E-state index contributed by atoms with van der Waals surface area (Å²) in [7, 11) is 0. The minimum absolute atomic E-state index is 0. The third-order valence-corrected chi connectivity index (χ3v) is 0. The summed E-state index contributed by atoms with van der Waals surface area (Å²) < 4.78 is 25.7. The van der Waals surface area contributed by atoms with Crippen molar-refractivity contribution in [2.75, 3.05) is 0 Å². The van der Waals surface area contributed by atoms with Gasteiger partial charge in [0.2, 0.25) is 0 Å². The van der Waals surface area contributed by atoms with E-state index in [2.05, 4.69) is 0 Å². The molecule has 0 saturated carbocycles. The Morgan fingerprint density at radius 2 is 1.00 bits per heavy atom. The topological polar surface area (TPSA) is 106 Å². The molecule has 0 radical (unpaired) electrons. The van der Waals surface area contributed by atoms with Gasteiger partial charge in [0.15, 0.2) is 0 Å². The maximum absolute atomic E-state index is 8.56. The molecule has 4 N–H and O–H groups in total. The second-order valence-corrected chi connectivity index (χ2v) is 1.16. The molecule has 4 nitrogen and oxygen atoms in total. The zero-order chi connectivity index (χ0) is 3.58. The Balaban J connectivity index is -0.0000000450. The van der Waals surface area contributed by atoms with Gasteiger partial charge in [-0.25, -0.2) is 0 Å². The molecule has 0 aromatic carbocycles. The van der Waals surface area contributed by atoms with E-state index in [0.717, 1.165) is 0 Å². The fourth-order valence-electron chi connectivity index (χ4n) is 0. The molecule has 0 aliphatic carbocycles. The SMILES string of the molecule is [Cu+].[NH4+].[O-][As]([O-])[O-]. The molecule has 0 bridgehead atoms. The van der Waals surface area contributed by atoms with Crippen molar-refractivity contribution in [1.82, 2.24) is 6.15 Å². The summed E-state index contributed by atoms with van der Waals surface area (Å²) >= 11 is -3.94. The molecule has 0 rings (SSSR count). The Kier molecular flexibility index (Phi) is 24.5. The van der Waals surface area contributed by atoms with Crippen molar-refractivity contribution >= 4 is 15.7 Å². The van der Waals surface area contributed by atoms with E-state index in [9.17, 15) is 0 Å². The van der Waals surface area contributed by atoms with E-state index in [1.165, 1.54) is 0 Å². The summed E-state index contributed by atoms with van der Waals surface area (Å²) in [5.74, 6) is 0. The van der Waals surface area contributed by atoms with Crippen molar-refractivity contribution in [3.8, 4) is 0 Å². The number of rotatable bonds is 0. The first-order valence-corrected chi connectivity index (χ1v) is 2.85. The van der Waals surface area contributed by atoms with Gasteiger partial charge >= 0.3 is 45.0 Å². The molecule has 44 valence electrons. The molecule has 0 aromatic rings. The number of hydrogen-bond donors (Lipinski definition) is 1. The molecular weight excluding hydrogens is 200 g/mol. The molecule has 0 aromatic heterocycles. The third-order valence-electron chi connectivity index (χ3n) is 0. The minimum atomic E-state index is -3.94. The van der Waals surface area contributed by atoms with E-state index in [0.29, 0.717) is 0 Å². The molecular formula is H4AsCuNO3-. The average molecular weight is 205 g/mol. The van der Waals surface area contributed by atoms with Crippen LogP contribution in [0.3, 0.4) is 0 Å². The summed E-state index contributed by atoms with van der Waals surface area (Å²) in [6.07, 6.45) is 0. The van der Waals surface area contributed by atoms with Crippen LogP contribution in [0.4, 0.5) is 0 Å². The normalized spacial score (nSPS) is 6.00. The van der Waals surface area contributed by atoms with E-state index in [1.807, 2.05) is 0 Å². The van der Waals surface area contributed by atoms with Gasteiger partial charge in [-0.15, -0.1) is 0 Å². The standard InChI is InChI=1S/AsO3.Cu.H3N/c2-1(3)4;;/h;;1H3/q-3;+1;/p+1. The zero-order valence-electron chi connectivity index (χ0n) is 2.97. The van der Waals surface area contributed by atoms with Crippen LogP contribution >= 0.6 is 0 Å². The Hall–Kier alpha value is 0.918. The maximum atomic E-state index is 8.56. The molecule has 0 aliphatic rings. The van der Waals surface area contributed by atoms with Gasteiger partial charge in [-0.05, 0) is 0 Å². The van der Waals surface area contributed by atoms with Gasteiger partial charge in [-0.3, -0.25) is 0 Å². The third kappa shape index (κ3) is 89.6. The predicted octanol–water partition coefficient (Wildman–Crippen LogP) is -3.57. The Morgan fingerprint density at radius 1 is 1.00 bits per heavy atom. The molecule has 0 saturated heterocycles. The van der Waals surface area contributed by atoms with Crippen LogP contribution in [0.2, 0.25) is 0 Å². The predicted molar refractivity (Wildman–Crippen MR) is 11.7 cm³/mol. The Morgan fingerprint density at radius 3 is 1.00 bits per heavy atom. The molecule has 0 fully saturated rings. The van der Waals surface area contributed by atoms with Crippen LogP contribution in [-0.2, 0) is 17.1 Å². The van der Waals surface area contributed by atoms with Crippen LogP contribution in [-0.4, -0.2) is 15.7 Å².